The molecule has 13 heavy (non-hydrogen) atoms. The highest BCUT2D eigenvalue weighted by Gasteiger charge is 2.23. The lowest BCUT2D eigenvalue weighted by atomic mass is 10.4. The fourth-order valence-electron chi connectivity index (χ4n) is 1.25. The van der Waals surface area contributed by atoms with E-state index in [1.54, 1.807) is 0 Å². The molecule has 0 radical (unpaired) electrons. The van der Waals surface area contributed by atoms with Crippen molar-refractivity contribution in [1.29, 1.82) is 0 Å². The van der Waals surface area contributed by atoms with Crippen molar-refractivity contribution in [2.24, 2.45) is 11.8 Å². The normalized spacial score (nSPS) is 21.5. The molecule has 0 saturated heterocycles. The first-order valence-electron chi connectivity index (χ1n) is 5.21. The Kier molecular flexibility index (Phi) is 2.83. The highest BCUT2D eigenvalue weighted by Crippen LogP contribution is 2.29. The number of esters is 1. The quantitative estimate of drug-likeness (QED) is 0.623. The maximum Gasteiger partial charge on any atom is 0.319 e. The summed E-state index contributed by atoms with van der Waals surface area (Å²) in [6.07, 6.45) is 5.12. The molecular weight excluding hydrogens is 166 g/mol. The predicted octanol–water partition coefficient (Wildman–Crippen LogP) is 0.939. The van der Waals surface area contributed by atoms with Crippen LogP contribution in [-0.2, 0) is 9.53 Å². The number of carbonyl (C=O) groups is 1. The third-order valence-corrected chi connectivity index (χ3v) is 2.58. The smallest absolute Gasteiger partial charge is 0.319 e. The number of hydrogen-bond acceptors (Lipinski definition) is 3. The topological polar surface area (TPSA) is 38.3 Å². The second-order valence-corrected chi connectivity index (χ2v) is 4.20. The molecule has 74 valence electrons. The maximum absolute atomic E-state index is 11.1. The van der Waals surface area contributed by atoms with Crippen LogP contribution in [0.25, 0.3) is 0 Å². The first-order chi connectivity index (χ1) is 6.34. The number of ether oxygens (including phenoxy) is 1. The van der Waals surface area contributed by atoms with Crippen LogP contribution in [0.3, 0.4) is 0 Å². The second kappa shape index (κ2) is 4.09. The minimum atomic E-state index is -0.0902. The first kappa shape index (κ1) is 9.00. The van der Waals surface area contributed by atoms with Crippen LogP contribution < -0.4 is 5.32 Å². The predicted molar refractivity (Wildman–Crippen MR) is 49.3 cm³/mol. The molecule has 0 amide bonds. The molecule has 0 unspecified atom stereocenters. The van der Waals surface area contributed by atoms with Gasteiger partial charge in [0.2, 0.25) is 0 Å². The van der Waals surface area contributed by atoms with Crippen molar-refractivity contribution in [3.05, 3.63) is 0 Å². The Balaban J connectivity index is 1.44. The average molecular weight is 183 g/mol. The van der Waals surface area contributed by atoms with E-state index in [1.807, 2.05) is 0 Å². The van der Waals surface area contributed by atoms with Crippen LogP contribution in [0.2, 0.25) is 0 Å². The summed E-state index contributed by atoms with van der Waals surface area (Å²) in [4.78, 5) is 11.1. The van der Waals surface area contributed by atoms with Gasteiger partial charge in [-0.2, -0.15) is 0 Å². The summed E-state index contributed by atoms with van der Waals surface area (Å²) in [7, 11) is 0. The lowest BCUT2D eigenvalue weighted by Crippen LogP contribution is -2.26. The summed E-state index contributed by atoms with van der Waals surface area (Å²) in [6, 6.07) is 0. The van der Waals surface area contributed by atoms with Gasteiger partial charge in [-0.25, -0.2) is 0 Å². The Morgan fingerprint density at radius 1 is 1.23 bits per heavy atom. The third-order valence-electron chi connectivity index (χ3n) is 2.58. The third kappa shape index (κ3) is 3.77. The Morgan fingerprint density at radius 2 is 1.92 bits per heavy atom. The van der Waals surface area contributed by atoms with Crippen LogP contribution in [0, 0.1) is 11.8 Å². The monoisotopic (exact) mass is 183 g/mol. The van der Waals surface area contributed by atoms with Gasteiger partial charge in [-0.05, 0) is 44.1 Å². The van der Waals surface area contributed by atoms with Gasteiger partial charge in [0.25, 0.3) is 0 Å². The van der Waals surface area contributed by atoms with Gasteiger partial charge in [-0.15, -0.1) is 0 Å². The van der Waals surface area contributed by atoms with Crippen molar-refractivity contribution < 1.29 is 9.53 Å². The van der Waals surface area contributed by atoms with Crippen molar-refractivity contribution in [2.45, 2.75) is 25.7 Å². The van der Waals surface area contributed by atoms with Crippen LogP contribution in [-0.4, -0.2) is 25.7 Å². The Labute approximate surface area is 78.8 Å². The molecule has 0 aromatic rings. The largest absolute Gasteiger partial charge is 0.464 e. The standard InChI is InChI=1S/C10H17NO2/c12-10(13-7-9-3-4-9)6-11-5-8-1-2-8/h8-9,11H,1-7H2. The van der Waals surface area contributed by atoms with E-state index in [0.717, 1.165) is 12.5 Å². The van der Waals surface area contributed by atoms with Crippen molar-refractivity contribution in [3.63, 3.8) is 0 Å². The molecule has 0 aromatic carbocycles. The summed E-state index contributed by atoms with van der Waals surface area (Å²) in [6.45, 7) is 2.02. The molecule has 0 bridgehead atoms. The molecule has 0 aromatic heterocycles. The Morgan fingerprint density at radius 3 is 2.54 bits per heavy atom. The van der Waals surface area contributed by atoms with Crippen molar-refractivity contribution in [1.82, 2.24) is 5.32 Å². The van der Waals surface area contributed by atoms with E-state index in [2.05, 4.69) is 5.32 Å². The lowest BCUT2D eigenvalue weighted by molar-refractivity contribution is -0.143. The molecule has 2 rings (SSSR count). The minimum Gasteiger partial charge on any atom is -0.464 e. The summed E-state index contributed by atoms with van der Waals surface area (Å²) >= 11 is 0. The number of nitrogens with one attached hydrogen (secondary N) is 1. The van der Waals surface area contributed by atoms with Crippen LogP contribution >= 0.6 is 0 Å². The van der Waals surface area contributed by atoms with E-state index in [4.69, 9.17) is 4.74 Å². The van der Waals surface area contributed by atoms with E-state index in [1.165, 1.54) is 25.7 Å². The van der Waals surface area contributed by atoms with Gasteiger partial charge in [0, 0.05) is 0 Å². The van der Waals surface area contributed by atoms with Crippen LogP contribution in [0.5, 0.6) is 0 Å². The molecule has 0 spiro atoms. The summed E-state index contributed by atoms with van der Waals surface area (Å²) in [5, 5.41) is 3.12. The molecule has 2 saturated carbocycles. The Bertz CT molecular complexity index is 185. The maximum atomic E-state index is 11.1. The van der Waals surface area contributed by atoms with E-state index in [-0.39, 0.29) is 5.97 Å². The van der Waals surface area contributed by atoms with Crippen LogP contribution in [0.4, 0.5) is 0 Å². The van der Waals surface area contributed by atoms with Gasteiger partial charge < -0.3 is 10.1 Å². The molecule has 1 N–H and O–H groups in total. The fraction of sp³-hybridized carbons (Fsp3) is 0.900. The van der Waals surface area contributed by atoms with Gasteiger partial charge in [0.05, 0.1) is 13.2 Å². The molecule has 3 nitrogen and oxygen atoms in total. The molecule has 0 atom stereocenters. The minimum absolute atomic E-state index is 0.0902. The van der Waals surface area contributed by atoms with Gasteiger partial charge in [0.15, 0.2) is 0 Å². The summed E-state index contributed by atoms with van der Waals surface area (Å²) in [5.74, 6) is 1.41. The zero-order valence-corrected chi connectivity index (χ0v) is 7.92. The van der Waals surface area contributed by atoms with Crippen LogP contribution in [0.15, 0.2) is 0 Å². The van der Waals surface area contributed by atoms with Gasteiger partial charge in [-0.3, -0.25) is 4.79 Å². The molecule has 0 aliphatic heterocycles. The van der Waals surface area contributed by atoms with E-state index in [9.17, 15) is 4.79 Å². The zero-order chi connectivity index (χ0) is 9.10. The summed E-state index contributed by atoms with van der Waals surface area (Å²) < 4.78 is 5.07. The van der Waals surface area contributed by atoms with Gasteiger partial charge in [-0.1, -0.05) is 0 Å². The van der Waals surface area contributed by atoms with E-state index in [0.29, 0.717) is 19.1 Å². The second-order valence-electron chi connectivity index (χ2n) is 4.20. The zero-order valence-electron chi connectivity index (χ0n) is 7.92. The Hall–Kier alpha value is -0.570. The molecule has 0 heterocycles. The fourth-order valence-corrected chi connectivity index (χ4v) is 1.25. The highest BCUT2D eigenvalue weighted by atomic mass is 16.5. The van der Waals surface area contributed by atoms with Gasteiger partial charge >= 0.3 is 5.97 Å². The van der Waals surface area contributed by atoms with Crippen LogP contribution in [0.1, 0.15) is 25.7 Å². The molecule has 2 aliphatic carbocycles. The van der Waals surface area contributed by atoms with Gasteiger partial charge in [0.1, 0.15) is 0 Å². The molecule has 2 aliphatic rings. The number of rotatable bonds is 6. The highest BCUT2D eigenvalue weighted by molar-refractivity contribution is 5.71. The SMILES string of the molecule is O=C(CNCC1CC1)OCC1CC1. The van der Waals surface area contributed by atoms with Crippen molar-refractivity contribution in [3.8, 4) is 0 Å². The molecule has 2 fully saturated rings. The van der Waals surface area contributed by atoms with Crippen molar-refractivity contribution >= 4 is 5.97 Å². The molecular formula is C10H17NO2. The average Bonchev–Trinajstić information content (AvgIpc) is 2.97. The lowest BCUT2D eigenvalue weighted by Gasteiger charge is -2.04. The van der Waals surface area contributed by atoms with E-state index >= 15 is 0 Å². The first-order valence-corrected chi connectivity index (χ1v) is 5.21. The number of carbonyl (C=O) groups excluding carboxylic acids is 1. The number of hydrogen-bond donors (Lipinski definition) is 1. The van der Waals surface area contributed by atoms with Crippen molar-refractivity contribution in [2.75, 3.05) is 19.7 Å². The molecule has 3 heteroatoms. The van der Waals surface area contributed by atoms with E-state index < -0.39 is 0 Å². The summed E-state index contributed by atoms with van der Waals surface area (Å²) in [5.41, 5.74) is 0.